The summed E-state index contributed by atoms with van der Waals surface area (Å²) in [6.07, 6.45) is 2.70. The summed E-state index contributed by atoms with van der Waals surface area (Å²) in [5.41, 5.74) is 3.88. The highest BCUT2D eigenvalue weighted by atomic mass is 79.9. The van der Waals surface area contributed by atoms with Gasteiger partial charge in [-0.05, 0) is 64.9 Å². The maximum Gasteiger partial charge on any atom is 0.339 e. The number of aromatic nitrogens is 1. The number of hydrogen-bond donors (Lipinski definition) is 1. The van der Waals surface area contributed by atoms with Crippen molar-refractivity contribution in [1.29, 1.82) is 0 Å². The third-order valence-corrected chi connectivity index (χ3v) is 5.88. The number of para-hydroxylation sites is 2. The van der Waals surface area contributed by atoms with Gasteiger partial charge in [-0.2, -0.15) is 0 Å². The van der Waals surface area contributed by atoms with Gasteiger partial charge in [0.05, 0.1) is 16.8 Å². The highest BCUT2D eigenvalue weighted by Gasteiger charge is 2.26. The molecular weight excluding hydrogens is 432 g/mol. The van der Waals surface area contributed by atoms with Crippen molar-refractivity contribution in [3.8, 4) is 0 Å². The molecule has 1 unspecified atom stereocenters. The number of anilines is 1. The van der Waals surface area contributed by atoms with Gasteiger partial charge < -0.3 is 10.1 Å². The SMILES string of the molecule is CC1CCc2nc3ccccc3c(C(=O)OCC(=O)Nc3ccccc3Br)c2C1. The Morgan fingerprint density at radius 1 is 1.17 bits per heavy atom. The summed E-state index contributed by atoms with van der Waals surface area (Å²) in [5.74, 6) is -0.377. The molecule has 1 N–H and O–H groups in total. The number of fused-ring (bicyclic) bond motifs is 2. The Morgan fingerprint density at radius 3 is 2.76 bits per heavy atom. The average molecular weight is 453 g/mol. The maximum absolute atomic E-state index is 13.0. The van der Waals surface area contributed by atoms with Crippen molar-refractivity contribution in [3.05, 3.63) is 69.8 Å². The lowest BCUT2D eigenvalue weighted by molar-refractivity contribution is -0.119. The first-order valence-electron chi connectivity index (χ1n) is 9.65. The number of ether oxygens (including phenoxy) is 1. The van der Waals surface area contributed by atoms with Crippen LogP contribution in [0.25, 0.3) is 10.9 Å². The summed E-state index contributed by atoms with van der Waals surface area (Å²) in [4.78, 5) is 30.1. The van der Waals surface area contributed by atoms with E-state index in [-0.39, 0.29) is 12.5 Å². The van der Waals surface area contributed by atoms with Gasteiger partial charge in [0.25, 0.3) is 5.91 Å². The molecule has 29 heavy (non-hydrogen) atoms. The Balaban J connectivity index is 1.57. The zero-order chi connectivity index (χ0) is 20.4. The van der Waals surface area contributed by atoms with Crippen LogP contribution in [0.15, 0.2) is 53.0 Å². The molecule has 0 saturated heterocycles. The number of carbonyl (C=O) groups excluding carboxylic acids is 2. The van der Waals surface area contributed by atoms with Gasteiger partial charge in [0.1, 0.15) is 0 Å². The van der Waals surface area contributed by atoms with Crippen molar-refractivity contribution in [1.82, 2.24) is 4.98 Å². The van der Waals surface area contributed by atoms with Crippen LogP contribution in [0.1, 0.15) is 35.0 Å². The van der Waals surface area contributed by atoms with Crippen molar-refractivity contribution in [2.45, 2.75) is 26.2 Å². The molecule has 2 aromatic carbocycles. The van der Waals surface area contributed by atoms with Crippen LogP contribution in [0.4, 0.5) is 5.69 Å². The predicted molar refractivity (Wildman–Crippen MR) is 116 cm³/mol. The van der Waals surface area contributed by atoms with Crippen molar-refractivity contribution < 1.29 is 14.3 Å². The fraction of sp³-hybridized carbons (Fsp3) is 0.261. The number of nitrogens with one attached hydrogen (secondary N) is 1. The van der Waals surface area contributed by atoms with Crippen LogP contribution < -0.4 is 5.32 Å². The molecule has 0 radical (unpaired) electrons. The summed E-state index contributed by atoms with van der Waals surface area (Å²) in [6, 6.07) is 14.9. The van der Waals surface area contributed by atoms with Crippen molar-refractivity contribution >= 4 is 44.4 Å². The number of hydrogen-bond acceptors (Lipinski definition) is 4. The van der Waals surface area contributed by atoms with Crippen LogP contribution in [-0.4, -0.2) is 23.5 Å². The van der Waals surface area contributed by atoms with E-state index in [2.05, 4.69) is 28.2 Å². The van der Waals surface area contributed by atoms with E-state index in [1.165, 1.54) is 0 Å². The van der Waals surface area contributed by atoms with E-state index in [0.29, 0.717) is 17.2 Å². The van der Waals surface area contributed by atoms with Gasteiger partial charge in [-0.15, -0.1) is 0 Å². The third-order valence-electron chi connectivity index (χ3n) is 5.19. The summed E-state index contributed by atoms with van der Waals surface area (Å²) >= 11 is 3.39. The Hall–Kier alpha value is -2.73. The number of esters is 1. The molecule has 1 amide bonds. The largest absolute Gasteiger partial charge is 0.452 e. The van der Waals surface area contributed by atoms with Gasteiger partial charge in [0, 0.05) is 15.6 Å². The summed E-state index contributed by atoms with van der Waals surface area (Å²) in [6.45, 7) is 1.83. The monoisotopic (exact) mass is 452 g/mol. The van der Waals surface area contributed by atoms with E-state index in [0.717, 1.165) is 45.9 Å². The molecule has 0 fully saturated rings. The predicted octanol–water partition coefficient (Wildman–Crippen LogP) is 4.92. The molecule has 0 saturated carbocycles. The van der Waals surface area contributed by atoms with E-state index in [1.54, 1.807) is 6.07 Å². The van der Waals surface area contributed by atoms with Crippen LogP contribution in [0.2, 0.25) is 0 Å². The molecule has 1 aromatic heterocycles. The number of carbonyl (C=O) groups is 2. The standard InChI is InChI=1S/C23H21BrN2O3/c1-14-10-11-19-16(12-14)22(15-6-2-4-8-18(15)25-19)23(28)29-13-21(27)26-20-9-5-3-7-17(20)24/h2-9,14H,10-13H2,1H3,(H,26,27). The number of nitrogens with zero attached hydrogens (tertiary/aromatic N) is 1. The van der Waals surface area contributed by atoms with E-state index in [9.17, 15) is 9.59 Å². The molecule has 1 aliphatic carbocycles. The lowest BCUT2D eigenvalue weighted by atomic mass is 9.84. The number of rotatable bonds is 4. The highest BCUT2D eigenvalue weighted by molar-refractivity contribution is 9.10. The topological polar surface area (TPSA) is 68.3 Å². The molecule has 4 rings (SSSR count). The first kappa shape index (κ1) is 19.6. The highest BCUT2D eigenvalue weighted by Crippen LogP contribution is 2.32. The minimum atomic E-state index is -0.476. The number of pyridine rings is 1. The molecule has 148 valence electrons. The van der Waals surface area contributed by atoms with E-state index >= 15 is 0 Å². The molecule has 0 spiro atoms. The third kappa shape index (κ3) is 4.17. The molecule has 1 heterocycles. The zero-order valence-corrected chi connectivity index (χ0v) is 17.7. The lowest BCUT2D eigenvalue weighted by Gasteiger charge is -2.24. The maximum atomic E-state index is 13.0. The fourth-order valence-corrected chi connectivity index (χ4v) is 4.13. The Bertz CT molecular complexity index is 1100. The number of halogens is 1. The number of benzene rings is 2. The smallest absolute Gasteiger partial charge is 0.339 e. The second kappa shape index (κ2) is 8.33. The minimum absolute atomic E-state index is 0.346. The summed E-state index contributed by atoms with van der Waals surface area (Å²) in [7, 11) is 0. The molecule has 1 atom stereocenters. The fourth-order valence-electron chi connectivity index (χ4n) is 3.75. The van der Waals surface area contributed by atoms with E-state index in [1.807, 2.05) is 42.5 Å². The van der Waals surface area contributed by atoms with Gasteiger partial charge in [0.15, 0.2) is 6.61 Å². The molecule has 0 aliphatic heterocycles. The van der Waals surface area contributed by atoms with Crippen LogP contribution in [0, 0.1) is 5.92 Å². The molecule has 3 aromatic rings. The number of amides is 1. The lowest BCUT2D eigenvalue weighted by Crippen LogP contribution is -2.23. The molecular formula is C23H21BrN2O3. The average Bonchev–Trinajstić information content (AvgIpc) is 2.72. The Labute approximate surface area is 177 Å². The van der Waals surface area contributed by atoms with E-state index in [4.69, 9.17) is 9.72 Å². The first-order chi connectivity index (χ1) is 14.0. The molecule has 0 bridgehead atoms. The van der Waals surface area contributed by atoms with Crippen LogP contribution in [-0.2, 0) is 22.4 Å². The summed E-state index contributed by atoms with van der Waals surface area (Å²) < 4.78 is 6.18. The van der Waals surface area contributed by atoms with Crippen molar-refractivity contribution in [3.63, 3.8) is 0 Å². The van der Waals surface area contributed by atoms with Gasteiger partial charge in [-0.25, -0.2) is 4.79 Å². The van der Waals surface area contributed by atoms with E-state index < -0.39 is 5.97 Å². The van der Waals surface area contributed by atoms with Crippen LogP contribution >= 0.6 is 15.9 Å². The first-order valence-corrected chi connectivity index (χ1v) is 10.4. The normalized spacial score (nSPS) is 15.6. The minimum Gasteiger partial charge on any atom is -0.452 e. The second-order valence-corrected chi connectivity index (χ2v) is 8.24. The second-order valence-electron chi connectivity index (χ2n) is 7.38. The van der Waals surface area contributed by atoms with Crippen molar-refractivity contribution in [2.24, 2.45) is 5.92 Å². The zero-order valence-electron chi connectivity index (χ0n) is 16.1. The molecule has 1 aliphatic rings. The number of aryl methyl sites for hydroxylation is 1. The van der Waals surface area contributed by atoms with Gasteiger partial charge in [-0.1, -0.05) is 37.3 Å². The van der Waals surface area contributed by atoms with Crippen molar-refractivity contribution in [2.75, 3.05) is 11.9 Å². The Kier molecular flexibility index (Phi) is 5.62. The molecule has 6 heteroatoms. The van der Waals surface area contributed by atoms with Crippen LogP contribution in [0.3, 0.4) is 0 Å². The van der Waals surface area contributed by atoms with Gasteiger partial charge >= 0.3 is 5.97 Å². The summed E-state index contributed by atoms with van der Waals surface area (Å²) in [5, 5.41) is 3.52. The quantitative estimate of drug-likeness (QED) is 0.570. The van der Waals surface area contributed by atoms with Gasteiger partial charge in [-0.3, -0.25) is 9.78 Å². The molecule has 5 nitrogen and oxygen atoms in total. The Morgan fingerprint density at radius 2 is 1.93 bits per heavy atom. The van der Waals surface area contributed by atoms with Gasteiger partial charge in [0.2, 0.25) is 0 Å². The van der Waals surface area contributed by atoms with Crippen LogP contribution in [0.5, 0.6) is 0 Å².